The highest BCUT2D eigenvalue weighted by atomic mass is 16.5. The number of nitrogens with two attached hydrogens (primary N) is 1. The van der Waals surface area contributed by atoms with Crippen molar-refractivity contribution in [3.8, 4) is 0 Å². The number of amides is 4. The number of cyclic esters (lactones) is 1. The van der Waals surface area contributed by atoms with E-state index < -0.39 is 83.8 Å². The third-order valence-electron chi connectivity index (χ3n) is 16.0. The van der Waals surface area contributed by atoms with E-state index >= 15 is 0 Å². The first kappa shape index (κ1) is 62.1. The number of Topliss-reactive ketones (excluding diaryl/α,β-unsaturated/α-hetero) is 1. The van der Waals surface area contributed by atoms with Gasteiger partial charge in [0.1, 0.15) is 30.0 Å². The summed E-state index contributed by atoms with van der Waals surface area (Å²) in [6, 6.07) is 3.39. The van der Waals surface area contributed by atoms with Gasteiger partial charge in [0.2, 0.25) is 17.7 Å². The van der Waals surface area contributed by atoms with E-state index in [0.29, 0.717) is 43.4 Å². The number of hydrazine groups is 1. The van der Waals surface area contributed by atoms with Gasteiger partial charge in [0.25, 0.3) is 5.91 Å². The third kappa shape index (κ3) is 16.9. The van der Waals surface area contributed by atoms with Gasteiger partial charge in [-0.05, 0) is 113 Å². The normalized spacial score (nSPS) is 32.3. The first-order valence-electron chi connectivity index (χ1n) is 27.7. The minimum atomic E-state index is -1.45. The molecule has 4 aliphatic rings. The number of allylic oxidation sites excluding steroid dienone is 5. The van der Waals surface area contributed by atoms with Crippen LogP contribution in [0.25, 0.3) is 0 Å². The van der Waals surface area contributed by atoms with Crippen LogP contribution in [-0.4, -0.2) is 117 Å². The Morgan fingerprint density at radius 3 is 2.47 bits per heavy atom. The average molecular weight is 1070 g/mol. The smallest absolute Gasteiger partial charge is 0.325 e. The number of hydrogen-bond acceptors (Lipinski definition) is 13. The van der Waals surface area contributed by atoms with Crippen LogP contribution in [0.5, 0.6) is 0 Å². The number of nitrogens with one attached hydrogen (secondary N) is 4. The molecule has 4 heterocycles. The van der Waals surface area contributed by atoms with Crippen LogP contribution >= 0.6 is 0 Å². The monoisotopic (exact) mass is 1070 g/mol. The summed E-state index contributed by atoms with van der Waals surface area (Å²) in [7, 11) is 0. The second-order valence-corrected chi connectivity index (χ2v) is 22.3. The summed E-state index contributed by atoms with van der Waals surface area (Å²) < 4.78 is 13.0. The third-order valence-corrected chi connectivity index (χ3v) is 16.0. The van der Waals surface area contributed by atoms with Gasteiger partial charge >= 0.3 is 5.97 Å². The largest absolute Gasteiger partial charge is 0.456 e. The van der Waals surface area contributed by atoms with E-state index in [1.54, 1.807) is 49.4 Å². The Hall–Kier alpha value is -5.72. The topological polar surface area (TPSA) is 259 Å². The van der Waals surface area contributed by atoms with Crippen LogP contribution in [0, 0.1) is 35.5 Å². The Labute approximate surface area is 456 Å². The van der Waals surface area contributed by atoms with Gasteiger partial charge in [-0.3, -0.25) is 29.0 Å². The molecule has 424 valence electrons. The highest BCUT2D eigenvalue weighted by Gasteiger charge is 2.51. The van der Waals surface area contributed by atoms with Gasteiger partial charge in [-0.25, -0.2) is 5.43 Å². The minimum Gasteiger partial charge on any atom is -0.456 e. The first-order chi connectivity index (χ1) is 36.5. The fourth-order valence-corrected chi connectivity index (χ4v) is 10.8. The molecule has 0 aliphatic carbocycles. The number of rotatable bonds is 15. The number of aliphatic hydroxyl groups excluding tert-OH is 3. The molecule has 1 aromatic rings. The number of aliphatic hydroxyl groups is 3. The molecule has 4 amide bonds. The summed E-state index contributed by atoms with van der Waals surface area (Å²) in [5.74, 6) is -4.90. The molecule has 15 atom stereocenters. The van der Waals surface area contributed by atoms with Gasteiger partial charge in [-0.1, -0.05) is 102 Å². The van der Waals surface area contributed by atoms with E-state index in [1.165, 1.54) is 24.9 Å². The summed E-state index contributed by atoms with van der Waals surface area (Å²) in [5.41, 5.74) is 11.3. The van der Waals surface area contributed by atoms with Crippen LogP contribution in [0.2, 0.25) is 0 Å². The Kier molecular flexibility index (Phi) is 23.2. The van der Waals surface area contributed by atoms with E-state index in [2.05, 4.69) is 47.9 Å². The molecule has 0 saturated carbocycles. The molecular weight excluding hydrogens is 981 g/mol. The number of ether oxygens (including phenoxy) is 2. The van der Waals surface area contributed by atoms with Crippen molar-refractivity contribution in [1.29, 1.82) is 0 Å². The number of carbonyl (C=O) groups excluding carboxylic acids is 6. The summed E-state index contributed by atoms with van der Waals surface area (Å²) in [6.45, 7) is 20.8. The summed E-state index contributed by atoms with van der Waals surface area (Å²) in [5, 5.41) is 44.3. The van der Waals surface area contributed by atoms with Gasteiger partial charge in [0.15, 0.2) is 5.72 Å². The van der Waals surface area contributed by atoms with E-state index in [-0.39, 0.29) is 79.3 Å². The van der Waals surface area contributed by atoms with Crippen molar-refractivity contribution in [2.75, 3.05) is 12.3 Å². The quantitative estimate of drug-likeness (QED) is 0.0425. The number of nitrogen functional groups attached to an aromatic ring is 1. The maximum Gasteiger partial charge on any atom is 0.325 e. The fraction of sp³-hybridized carbons (Fsp3) is 0.600. The van der Waals surface area contributed by atoms with Crippen LogP contribution in [0.3, 0.4) is 0 Å². The highest BCUT2D eigenvalue weighted by molar-refractivity contribution is 5.94. The molecule has 0 radical (unpaired) electrons. The number of piperidine rings is 1. The molecular formula is C60H88N6O11. The molecule has 0 aromatic heterocycles. The molecule has 15 unspecified atom stereocenters. The lowest BCUT2D eigenvalue weighted by atomic mass is 9.75. The zero-order valence-electron chi connectivity index (χ0n) is 46.8. The Bertz CT molecular complexity index is 2420. The molecule has 5 rings (SSSR count). The van der Waals surface area contributed by atoms with Crippen molar-refractivity contribution in [2.24, 2.45) is 35.5 Å². The second kappa shape index (κ2) is 28.8. The number of fused-ring (bicyclic) bond motifs is 2. The van der Waals surface area contributed by atoms with Gasteiger partial charge in [-0.2, -0.15) is 0 Å². The van der Waals surface area contributed by atoms with Gasteiger partial charge in [0, 0.05) is 61.6 Å². The number of esters is 1. The van der Waals surface area contributed by atoms with E-state index in [4.69, 9.17) is 15.2 Å². The molecule has 17 heteroatoms. The molecule has 2 bridgehead atoms. The number of hydrogen-bond donors (Lipinski definition) is 8. The second-order valence-electron chi connectivity index (χ2n) is 22.3. The number of nitrogens with zero attached hydrogens (tertiary/aromatic N) is 1. The molecule has 17 nitrogen and oxygen atoms in total. The average Bonchev–Trinajstić information content (AvgIpc) is 3.38. The summed E-state index contributed by atoms with van der Waals surface area (Å²) in [6.07, 6.45) is 14.4. The lowest BCUT2D eigenvalue weighted by Crippen LogP contribution is -2.64. The molecule has 2 saturated heterocycles. The highest BCUT2D eigenvalue weighted by Crippen LogP contribution is 2.43. The van der Waals surface area contributed by atoms with Crippen molar-refractivity contribution in [2.45, 2.75) is 187 Å². The Morgan fingerprint density at radius 1 is 1.04 bits per heavy atom. The van der Waals surface area contributed by atoms with Crippen molar-refractivity contribution in [3.05, 3.63) is 102 Å². The fourth-order valence-electron chi connectivity index (χ4n) is 10.8. The van der Waals surface area contributed by atoms with Crippen molar-refractivity contribution < 1.29 is 53.6 Å². The van der Waals surface area contributed by atoms with Crippen molar-refractivity contribution >= 4 is 41.1 Å². The van der Waals surface area contributed by atoms with Crippen LogP contribution in [0.4, 0.5) is 5.69 Å². The van der Waals surface area contributed by atoms with Gasteiger partial charge < -0.3 is 51.3 Å². The van der Waals surface area contributed by atoms with Crippen LogP contribution in [-0.2, 0) is 44.7 Å². The SMILES string of the molecule is C=C(C)C1NC(=O)C(CCC(C)=O)C(O)C(C)C(O)C=CC=CCC(C(C)=CC=CCCC(C)C(O)CC2OC3(NC(=O)C(CC)CC3C)C(C)=CC2C)OC(=O)C2CCCN(N2)C(=O)C(Cc2cccc(N)c2)NC1=O. The molecule has 9 N–H and O–H groups in total. The Morgan fingerprint density at radius 2 is 1.78 bits per heavy atom. The molecule has 4 aliphatic heterocycles. The zero-order valence-corrected chi connectivity index (χ0v) is 46.8. The van der Waals surface area contributed by atoms with Crippen LogP contribution in [0.1, 0.15) is 132 Å². The molecule has 77 heavy (non-hydrogen) atoms. The molecule has 1 aromatic carbocycles. The Balaban J connectivity index is 1.35. The molecule has 2 fully saturated rings. The maximum atomic E-state index is 14.5. The maximum absolute atomic E-state index is 14.5. The number of carbonyl (C=O) groups is 6. The lowest BCUT2D eigenvalue weighted by molar-refractivity contribution is -0.179. The summed E-state index contributed by atoms with van der Waals surface area (Å²) >= 11 is 0. The zero-order chi connectivity index (χ0) is 56.7. The predicted octanol–water partition coefficient (Wildman–Crippen LogP) is 6.15. The number of anilines is 1. The van der Waals surface area contributed by atoms with Crippen molar-refractivity contribution in [1.82, 2.24) is 26.4 Å². The number of benzene rings is 1. The van der Waals surface area contributed by atoms with E-state index in [1.807, 2.05) is 45.9 Å². The minimum absolute atomic E-state index is 0.00178. The molecule has 1 spiro atoms. The van der Waals surface area contributed by atoms with Gasteiger partial charge in [0.05, 0.1) is 30.3 Å². The van der Waals surface area contributed by atoms with Crippen LogP contribution < -0.4 is 27.1 Å². The summed E-state index contributed by atoms with van der Waals surface area (Å²) in [4.78, 5) is 82.1. The predicted molar refractivity (Wildman–Crippen MR) is 297 cm³/mol. The number of ketones is 1. The lowest BCUT2D eigenvalue weighted by Gasteiger charge is -2.51. The standard InChI is InChI=1S/C60H88N6O11/c1-11-44-31-40(8)60(64-55(44)71)39(7)30-38(6)52(77-60)34-50(69)36(4)20-14-12-15-21-37(5)51-26-17-13-16-25-49(68)42(10)54(70)46(28-27-41(9)67)56(72)63-53(35(2)3)57(73)62-48(33-43-22-18-23-45(61)32-43)58(74)66-29-19-24-47(65-66)59(75)76-51/h12-13,15-18,21-23,25,30,32,36,38,40,42,44,46-54,65,68-70H,2,11,14,19-20,24,26-29,31,33-34,61H2,1,3-10H3,(H,62,73)(H,63,72)(H,64,71). The first-order valence-corrected chi connectivity index (χ1v) is 27.7. The van der Waals surface area contributed by atoms with Crippen LogP contribution in [0.15, 0.2) is 96.2 Å². The van der Waals surface area contributed by atoms with Gasteiger partial charge in [-0.15, -0.1) is 0 Å². The van der Waals surface area contributed by atoms with E-state index in [9.17, 15) is 44.1 Å². The van der Waals surface area contributed by atoms with E-state index in [0.717, 1.165) is 24.0 Å². The van der Waals surface area contributed by atoms with Crippen molar-refractivity contribution in [3.63, 3.8) is 0 Å².